The molecule has 1 aromatic carbocycles. The van der Waals surface area contributed by atoms with Gasteiger partial charge in [0, 0.05) is 13.0 Å². The van der Waals surface area contributed by atoms with Crippen LogP contribution in [-0.2, 0) is 6.42 Å². The minimum atomic E-state index is -0.0489. The Morgan fingerprint density at radius 1 is 1.41 bits per heavy atom. The number of fused-ring (bicyclic) bond motifs is 1. The van der Waals surface area contributed by atoms with E-state index in [1.54, 1.807) is 0 Å². The van der Waals surface area contributed by atoms with Crippen LogP contribution >= 0.6 is 0 Å². The first-order chi connectivity index (χ1) is 8.05. The second kappa shape index (κ2) is 4.69. The molecule has 1 aliphatic heterocycles. The average Bonchev–Trinajstić information content (AvgIpc) is 2.70. The molecule has 0 fully saturated rings. The number of hydrogen-bond donors (Lipinski definition) is 1. The van der Waals surface area contributed by atoms with Crippen LogP contribution in [0.15, 0.2) is 24.3 Å². The maximum Gasteiger partial charge on any atom is 0.123 e. The van der Waals surface area contributed by atoms with E-state index in [0.717, 1.165) is 18.6 Å². The van der Waals surface area contributed by atoms with Crippen LogP contribution < -0.4 is 4.74 Å². The van der Waals surface area contributed by atoms with Crippen LogP contribution in [0.25, 0.3) is 0 Å². The molecule has 2 rings (SSSR count). The molecule has 94 valence electrons. The van der Waals surface area contributed by atoms with Crippen molar-refractivity contribution in [1.29, 1.82) is 0 Å². The topological polar surface area (TPSA) is 29.5 Å². The predicted molar refractivity (Wildman–Crippen MR) is 69.2 cm³/mol. The summed E-state index contributed by atoms with van der Waals surface area (Å²) < 4.78 is 5.94. The maximum atomic E-state index is 9.58. The summed E-state index contributed by atoms with van der Waals surface area (Å²) in [5, 5.41) is 9.58. The first-order valence-electron chi connectivity index (χ1n) is 6.40. The van der Waals surface area contributed by atoms with E-state index in [4.69, 9.17) is 4.74 Å². The van der Waals surface area contributed by atoms with Crippen molar-refractivity contribution in [2.24, 2.45) is 11.3 Å². The van der Waals surface area contributed by atoms with Gasteiger partial charge in [-0.1, -0.05) is 39.0 Å². The number of rotatable bonds is 4. The number of hydrogen-bond acceptors (Lipinski definition) is 2. The van der Waals surface area contributed by atoms with Crippen LogP contribution in [-0.4, -0.2) is 17.8 Å². The van der Waals surface area contributed by atoms with Gasteiger partial charge in [-0.2, -0.15) is 0 Å². The van der Waals surface area contributed by atoms with Crippen molar-refractivity contribution in [1.82, 2.24) is 0 Å². The number of aliphatic hydroxyl groups excluding tert-OH is 1. The van der Waals surface area contributed by atoms with E-state index in [0.29, 0.717) is 5.92 Å². The van der Waals surface area contributed by atoms with Gasteiger partial charge in [-0.25, -0.2) is 0 Å². The van der Waals surface area contributed by atoms with Crippen LogP contribution in [0.3, 0.4) is 0 Å². The van der Waals surface area contributed by atoms with Gasteiger partial charge >= 0.3 is 0 Å². The normalized spacial score (nSPS) is 22.1. The first-order valence-corrected chi connectivity index (χ1v) is 6.40. The molecule has 0 bridgehead atoms. The Labute approximate surface area is 104 Å². The van der Waals surface area contributed by atoms with Crippen molar-refractivity contribution in [3.05, 3.63) is 29.8 Å². The van der Waals surface area contributed by atoms with Gasteiger partial charge in [0.1, 0.15) is 11.9 Å². The van der Waals surface area contributed by atoms with Gasteiger partial charge in [-0.3, -0.25) is 0 Å². The van der Waals surface area contributed by atoms with Crippen LogP contribution in [0, 0.1) is 11.3 Å². The summed E-state index contributed by atoms with van der Waals surface area (Å²) in [6.45, 7) is 6.70. The van der Waals surface area contributed by atoms with E-state index in [1.165, 1.54) is 5.56 Å². The van der Waals surface area contributed by atoms with E-state index in [2.05, 4.69) is 32.9 Å². The largest absolute Gasteiger partial charge is 0.490 e. The zero-order chi connectivity index (χ0) is 12.5. The number of ether oxygens (including phenoxy) is 1. The molecule has 1 heterocycles. The third kappa shape index (κ3) is 2.47. The fraction of sp³-hybridized carbons (Fsp3) is 0.600. The molecule has 0 spiro atoms. The Morgan fingerprint density at radius 2 is 2.12 bits per heavy atom. The van der Waals surface area contributed by atoms with Crippen molar-refractivity contribution < 1.29 is 9.84 Å². The zero-order valence-electron chi connectivity index (χ0n) is 10.9. The van der Waals surface area contributed by atoms with Gasteiger partial charge in [-0.05, 0) is 29.4 Å². The molecular weight excluding hydrogens is 212 g/mol. The van der Waals surface area contributed by atoms with Crippen molar-refractivity contribution in [3.8, 4) is 5.75 Å². The number of aliphatic hydroxyl groups is 1. The van der Waals surface area contributed by atoms with Gasteiger partial charge in [0.25, 0.3) is 0 Å². The Morgan fingerprint density at radius 3 is 2.71 bits per heavy atom. The molecule has 0 amide bonds. The van der Waals surface area contributed by atoms with Crippen LogP contribution in [0.4, 0.5) is 0 Å². The summed E-state index contributed by atoms with van der Waals surface area (Å²) in [6, 6.07) is 8.22. The van der Waals surface area contributed by atoms with E-state index >= 15 is 0 Å². The summed E-state index contributed by atoms with van der Waals surface area (Å²) in [5.74, 6) is 1.47. The summed E-state index contributed by atoms with van der Waals surface area (Å²) in [6.07, 6.45) is 2.10. The molecule has 1 aromatic rings. The van der Waals surface area contributed by atoms with Gasteiger partial charge < -0.3 is 9.84 Å². The molecule has 0 saturated carbocycles. The molecule has 1 N–H and O–H groups in total. The van der Waals surface area contributed by atoms with Crippen molar-refractivity contribution >= 4 is 0 Å². The summed E-state index contributed by atoms with van der Waals surface area (Å²) in [4.78, 5) is 0. The first kappa shape index (κ1) is 12.4. The monoisotopic (exact) mass is 234 g/mol. The number of benzene rings is 1. The van der Waals surface area contributed by atoms with E-state index in [-0.39, 0.29) is 18.1 Å². The van der Waals surface area contributed by atoms with Crippen molar-refractivity contribution in [2.45, 2.75) is 39.7 Å². The third-order valence-corrected chi connectivity index (χ3v) is 4.16. The Hall–Kier alpha value is -1.02. The van der Waals surface area contributed by atoms with Crippen LogP contribution in [0.1, 0.15) is 32.8 Å². The minimum Gasteiger partial charge on any atom is -0.490 e. The summed E-state index contributed by atoms with van der Waals surface area (Å²) >= 11 is 0. The second-order valence-electron chi connectivity index (χ2n) is 5.72. The standard InChI is InChI=1S/C15H22O2/c1-11(2)15(3,10-16)9-13-8-12-6-4-5-7-14(12)17-13/h4-7,11,13,16H,8-10H2,1-3H3. The minimum absolute atomic E-state index is 0.0489. The van der Waals surface area contributed by atoms with Crippen LogP contribution in [0.5, 0.6) is 5.75 Å². The highest BCUT2D eigenvalue weighted by Gasteiger charge is 2.34. The van der Waals surface area contributed by atoms with Crippen molar-refractivity contribution in [3.63, 3.8) is 0 Å². The van der Waals surface area contributed by atoms with Crippen LogP contribution in [0.2, 0.25) is 0 Å². The highest BCUT2D eigenvalue weighted by molar-refractivity contribution is 5.37. The fourth-order valence-corrected chi connectivity index (χ4v) is 2.37. The Bertz CT molecular complexity index is 361. The molecule has 2 unspecified atom stereocenters. The molecule has 2 nitrogen and oxygen atoms in total. The summed E-state index contributed by atoms with van der Waals surface area (Å²) in [7, 11) is 0. The molecule has 0 radical (unpaired) electrons. The molecule has 1 aliphatic rings. The lowest BCUT2D eigenvalue weighted by molar-refractivity contribution is 0.0459. The highest BCUT2D eigenvalue weighted by atomic mass is 16.5. The van der Waals surface area contributed by atoms with Gasteiger partial charge in [0.2, 0.25) is 0 Å². The Balaban J connectivity index is 2.04. The predicted octanol–water partition coefficient (Wildman–Crippen LogP) is 3.03. The molecule has 2 atom stereocenters. The lowest BCUT2D eigenvalue weighted by Gasteiger charge is -2.33. The SMILES string of the molecule is CC(C)C(C)(CO)CC1Cc2ccccc2O1. The zero-order valence-corrected chi connectivity index (χ0v) is 10.9. The van der Waals surface area contributed by atoms with E-state index in [1.807, 2.05) is 12.1 Å². The van der Waals surface area contributed by atoms with Gasteiger partial charge in [0.05, 0.1) is 0 Å². The molecular formula is C15H22O2. The molecule has 0 aliphatic carbocycles. The number of para-hydroxylation sites is 1. The molecule has 0 saturated heterocycles. The van der Waals surface area contributed by atoms with Gasteiger partial charge in [0.15, 0.2) is 0 Å². The smallest absolute Gasteiger partial charge is 0.123 e. The average molecular weight is 234 g/mol. The van der Waals surface area contributed by atoms with E-state index in [9.17, 15) is 5.11 Å². The lowest BCUT2D eigenvalue weighted by atomic mass is 9.75. The van der Waals surface area contributed by atoms with Gasteiger partial charge in [-0.15, -0.1) is 0 Å². The third-order valence-electron chi connectivity index (χ3n) is 4.16. The second-order valence-corrected chi connectivity index (χ2v) is 5.72. The molecule has 2 heteroatoms. The highest BCUT2D eigenvalue weighted by Crippen LogP contribution is 2.37. The van der Waals surface area contributed by atoms with Crippen molar-refractivity contribution in [2.75, 3.05) is 6.61 Å². The van der Waals surface area contributed by atoms with E-state index < -0.39 is 0 Å². The molecule has 17 heavy (non-hydrogen) atoms. The quantitative estimate of drug-likeness (QED) is 0.867. The Kier molecular flexibility index (Phi) is 3.43. The lowest BCUT2D eigenvalue weighted by Crippen LogP contribution is -2.34. The molecule has 0 aromatic heterocycles. The fourth-order valence-electron chi connectivity index (χ4n) is 2.37. The summed E-state index contributed by atoms with van der Waals surface area (Å²) in [5.41, 5.74) is 1.24. The maximum absolute atomic E-state index is 9.58.